The van der Waals surface area contributed by atoms with Crippen molar-refractivity contribution in [1.29, 1.82) is 0 Å². The molecule has 1 unspecified atom stereocenters. The molecule has 4 aromatic rings. The standard InChI is InChI=1S/C33H29F3IN5O/c1-17-16-41(3)29(19-5-6-19)12-23(17)32-38-14-20(15-39-32)30-13-25-24(10-22(35)11-26(25)33(43)42(30)4)18(2)40-28-8-7-21(34)9-27(28)31(36)37/h7-16,18,31,40H,5-6H2,1-4H3/t18-,31?/m0/s1. The average molecular weight is 696 g/mol. The van der Waals surface area contributed by atoms with Crippen LogP contribution in [0.5, 0.6) is 0 Å². The molecule has 10 heteroatoms. The molecule has 6 nitrogen and oxygen atoms in total. The Labute approximate surface area is 260 Å². The number of alkyl halides is 2. The van der Waals surface area contributed by atoms with Crippen molar-refractivity contribution in [2.75, 3.05) is 12.4 Å². The largest absolute Gasteiger partial charge is 0.378 e. The first-order valence-corrected chi connectivity index (χ1v) is 15.1. The van der Waals surface area contributed by atoms with E-state index in [1.807, 2.05) is 20.0 Å². The van der Waals surface area contributed by atoms with E-state index in [-0.39, 0.29) is 16.5 Å². The van der Waals surface area contributed by atoms with Gasteiger partial charge in [0.1, 0.15) is 11.6 Å². The van der Waals surface area contributed by atoms with Gasteiger partial charge >= 0.3 is 0 Å². The van der Waals surface area contributed by atoms with Gasteiger partial charge in [-0.3, -0.25) is 4.79 Å². The Morgan fingerprint density at radius 1 is 0.977 bits per heavy atom. The predicted octanol–water partition coefficient (Wildman–Crippen LogP) is 8.13. The van der Waals surface area contributed by atoms with E-state index < -0.39 is 21.9 Å². The molecular weight excluding hydrogens is 666 g/mol. The normalized spacial score (nSPS) is 16.2. The summed E-state index contributed by atoms with van der Waals surface area (Å²) in [7, 11) is 3.67. The second-order valence-electron chi connectivity index (χ2n) is 11.0. The van der Waals surface area contributed by atoms with Crippen molar-refractivity contribution in [3.8, 4) is 11.3 Å². The van der Waals surface area contributed by atoms with Crippen molar-refractivity contribution in [2.45, 2.75) is 36.9 Å². The lowest BCUT2D eigenvalue weighted by molar-refractivity contribution is 0.488. The Morgan fingerprint density at radius 3 is 2.35 bits per heavy atom. The number of fused-ring (bicyclic) bond motifs is 1. The lowest BCUT2D eigenvalue weighted by atomic mass is 9.98. The van der Waals surface area contributed by atoms with E-state index >= 15 is 0 Å². The van der Waals surface area contributed by atoms with Crippen LogP contribution < -0.4 is 10.9 Å². The lowest BCUT2D eigenvalue weighted by Gasteiger charge is -2.24. The number of aromatic nitrogens is 3. The number of hydrogen-bond acceptors (Lipinski definition) is 5. The molecule has 0 bridgehead atoms. The van der Waals surface area contributed by atoms with Crippen LogP contribution >= 0.6 is 22.6 Å². The van der Waals surface area contributed by atoms with Gasteiger partial charge < -0.3 is 14.8 Å². The number of hydrogen-bond donors (Lipinski definition) is 1. The molecule has 6 rings (SSSR count). The number of nitrogens with one attached hydrogen (secondary N) is 1. The number of likely N-dealkylation sites (N-methyl/N-ethyl adjacent to an activating group) is 1. The van der Waals surface area contributed by atoms with Gasteiger partial charge in [-0.1, -0.05) is 0 Å². The van der Waals surface area contributed by atoms with Crippen LogP contribution in [0.15, 0.2) is 82.7 Å². The maximum atomic E-state index is 14.8. The SMILES string of the molecule is CC1=CN(C)C(=C2CC2)C=C1c1ncc(-c2cc3c([C@H](C)Nc4ccc(F)cc4C(F)I)cc(F)cc3c(=O)n2C)cn1. The van der Waals surface area contributed by atoms with Gasteiger partial charge in [-0.15, -0.1) is 0 Å². The van der Waals surface area contributed by atoms with Crippen LogP contribution in [0.4, 0.5) is 18.9 Å². The van der Waals surface area contributed by atoms with Crippen LogP contribution in [0.1, 0.15) is 53.9 Å². The fourth-order valence-electron chi connectivity index (χ4n) is 5.58. The summed E-state index contributed by atoms with van der Waals surface area (Å²) in [5.74, 6) is -0.531. The van der Waals surface area contributed by atoms with E-state index in [1.54, 1.807) is 49.0 Å². The molecule has 220 valence electrons. The van der Waals surface area contributed by atoms with Crippen LogP contribution in [-0.4, -0.2) is 26.5 Å². The second-order valence-corrected chi connectivity index (χ2v) is 12.1. The summed E-state index contributed by atoms with van der Waals surface area (Å²) in [5.41, 5.74) is 6.45. The van der Waals surface area contributed by atoms with Gasteiger partial charge in [-0.2, -0.15) is 0 Å². The maximum absolute atomic E-state index is 14.8. The summed E-state index contributed by atoms with van der Waals surface area (Å²) in [5, 5.41) is 3.93. The zero-order chi connectivity index (χ0) is 30.6. The van der Waals surface area contributed by atoms with Crippen LogP contribution in [0.25, 0.3) is 27.6 Å². The molecule has 43 heavy (non-hydrogen) atoms. The van der Waals surface area contributed by atoms with E-state index in [4.69, 9.17) is 0 Å². The van der Waals surface area contributed by atoms with E-state index in [0.717, 1.165) is 30.1 Å². The predicted molar refractivity (Wildman–Crippen MR) is 172 cm³/mol. The molecule has 1 saturated carbocycles. The molecule has 1 N–H and O–H groups in total. The third-order valence-electron chi connectivity index (χ3n) is 7.97. The zero-order valence-electron chi connectivity index (χ0n) is 24.1. The summed E-state index contributed by atoms with van der Waals surface area (Å²) in [4.78, 5) is 25.0. The Morgan fingerprint density at radius 2 is 1.67 bits per heavy atom. The van der Waals surface area contributed by atoms with Gasteiger partial charge in [0.25, 0.3) is 5.56 Å². The average Bonchev–Trinajstić information content (AvgIpc) is 3.81. The zero-order valence-corrected chi connectivity index (χ0v) is 26.2. The Kier molecular flexibility index (Phi) is 7.66. The van der Waals surface area contributed by atoms with E-state index in [9.17, 15) is 18.0 Å². The molecule has 2 aromatic heterocycles. The summed E-state index contributed by atoms with van der Waals surface area (Å²) in [6.07, 6.45) is 9.80. The number of anilines is 1. The molecule has 0 radical (unpaired) electrons. The highest BCUT2D eigenvalue weighted by atomic mass is 127. The topological polar surface area (TPSA) is 63.1 Å². The third-order valence-corrected chi connectivity index (χ3v) is 8.64. The number of rotatable bonds is 6. The Bertz CT molecular complexity index is 1920. The van der Waals surface area contributed by atoms with Gasteiger partial charge in [0.05, 0.1) is 11.1 Å². The van der Waals surface area contributed by atoms with Gasteiger partial charge in [-0.25, -0.2) is 23.1 Å². The summed E-state index contributed by atoms with van der Waals surface area (Å²) < 4.78 is 42.9. The van der Waals surface area contributed by atoms with Crippen molar-refractivity contribution >= 4 is 44.6 Å². The molecule has 0 spiro atoms. The highest BCUT2D eigenvalue weighted by molar-refractivity contribution is 14.1. The van der Waals surface area contributed by atoms with Gasteiger partial charge in [0.2, 0.25) is 0 Å². The minimum atomic E-state index is -1.45. The molecule has 2 aliphatic rings. The van der Waals surface area contributed by atoms with Gasteiger partial charge in [0, 0.05) is 66.8 Å². The molecular formula is C33H29F3IN5O. The van der Waals surface area contributed by atoms with Crippen molar-refractivity contribution in [1.82, 2.24) is 19.4 Å². The first-order valence-electron chi connectivity index (χ1n) is 13.9. The van der Waals surface area contributed by atoms with Crippen molar-refractivity contribution < 1.29 is 13.2 Å². The fraction of sp³-hybridized carbons (Fsp3) is 0.242. The monoisotopic (exact) mass is 695 g/mol. The van der Waals surface area contributed by atoms with Crippen LogP contribution in [-0.2, 0) is 7.05 Å². The van der Waals surface area contributed by atoms with Crippen molar-refractivity contribution in [2.24, 2.45) is 7.05 Å². The third kappa shape index (κ3) is 5.60. The molecule has 0 saturated heterocycles. The van der Waals surface area contributed by atoms with Gasteiger partial charge in [-0.05, 0) is 114 Å². The maximum Gasteiger partial charge on any atom is 0.258 e. The first kappa shape index (κ1) is 29.2. The molecule has 1 fully saturated rings. The van der Waals surface area contributed by atoms with Crippen molar-refractivity contribution in [3.63, 3.8) is 0 Å². The van der Waals surface area contributed by atoms with Crippen LogP contribution in [0, 0.1) is 11.6 Å². The fourth-order valence-corrected chi connectivity index (χ4v) is 6.10. The minimum absolute atomic E-state index is 0.146. The molecule has 2 aromatic carbocycles. The number of nitrogens with zero attached hydrogens (tertiary/aromatic N) is 4. The quantitative estimate of drug-likeness (QED) is 0.163. The van der Waals surface area contributed by atoms with Crippen molar-refractivity contribution in [3.05, 3.63) is 117 Å². The smallest absolute Gasteiger partial charge is 0.258 e. The van der Waals surface area contributed by atoms with Crippen LogP contribution in [0.2, 0.25) is 0 Å². The first-order chi connectivity index (χ1) is 20.5. The lowest BCUT2D eigenvalue weighted by Crippen LogP contribution is -2.20. The summed E-state index contributed by atoms with van der Waals surface area (Å²) >= 11 is 1.57. The minimum Gasteiger partial charge on any atom is -0.378 e. The molecule has 1 aliphatic heterocycles. The molecule has 0 amide bonds. The van der Waals surface area contributed by atoms with Gasteiger partial charge in [0.15, 0.2) is 10.0 Å². The highest BCUT2D eigenvalue weighted by Gasteiger charge is 2.24. The second kappa shape index (κ2) is 11.3. The molecule has 2 atom stereocenters. The Hall–Kier alpha value is -3.93. The Balaban J connectivity index is 1.40. The van der Waals surface area contributed by atoms with E-state index in [0.29, 0.717) is 33.7 Å². The summed E-state index contributed by atoms with van der Waals surface area (Å²) in [6.45, 7) is 3.81. The molecule has 1 aliphatic carbocycles. The number of benzene rings is 2. The van der Waals surface area contributed by atoms with Crippen LogP contribution in [0.3, 0.4) is 0 Å². The summed E-state index contributed by atoms with van der Waals surface area (Å²) in [6, 6.07) is 7.68. The number of allylic oxidation sites excluding steroid dienone is 4. The van der Waals surface area contributed by atoms with E-state index in [2.05, 4.69) is 32.5 Å². The molecule has 3 heterocycles. The number of pyridine rings is 1. The number of halogens is 4. The highest BCUT2D eigenvalue weighted by Crippen LogP contribution is 2.39. The van der Waals surface area contributed by atoms with E-state index in [1.165, 1.54) is 40.1 Å².